The zero-order chi connectivity index (χ0) is 29.9. The average molecular weight is 604 g/mol. The van der Waals surface area contributed by atoms with Crippen LogP contribution in [0.4, 0.5) is 24.5 Å². The number of fused-ring (bicyclic) bond motifs is 1. The van der Waals surface area contributed by atoms with Crippen molar-refractivity contribution in [1.29, 1.82) is 0 Å². The van der Waals surface area contributed by atoms with Crippen LogP contribution in [0.25, 0.3) is 0 Å². The molecule has 0 aliphatic carbocycles. The standard InChI is InChI=1S/C29H28F3N3O6S/c30-29(31,32)23-8-9-26(34-12-14-40-15-13-34)25(17-23)33-27(36)19-41-28(37)21-6-3-7-24(16-21)42(38,39)35-11-10-20-4-1-2-5-22(20)18-35/h1-9,16-17H,10-15,18-19H2,(H,33,36). The van der Waals surface area contributed by atoms with E-state index in [1.54, 1.807) is 4.90 Å². The summed E-state index contributed by atoms with van der Waals surface area (Å²) in [5.74, 6) is -1.81. The van der Waals surface area contributed by atoms with E-state index in [1.165, 1.54) is 34.6 Å². The molecule has 1 N–H and O–H groups in total. The van der Waals surface area contributed by atoms with E-state index in [9.17, 15) is 31.2 Å². The normalized spacial score (nSPS) is 16.0. The van der Waals surface area contributed by atoms with E-state index in [-0.39, 0.29) is 29.2 Å². The number of alkyl halides is 3. The van der Waals surface area contributed by atoms with Crippen molar-refractivity contribution in [1.82, 2.24) is 4.31 Å². The molecule has 9 nitrogen and oxygen atoms in total. The largest absolute Gasteiger partial charge is 0.452 e. The number of benzene rings is 3. The van der Waals surface area contributed by atoms with Crippen LogP contribution in [0, 0.1) is 0 Å². The zero-order valence-electron chi connectivity index (χ0n) is 22.4. The number of carbonyl (C=O) groups excluding carboxylic acids is 2. The van der Waals surface area contributed by atoms with Gasteiger partial charge in [-0.05, 0) is 53.9 Å². The second-order valence-electron chi connectivity index (χ2n) is 9.84. The number of esters is 1. The van der Waals surface area contributed by atoms with Crippen molar-refractivity contribution >= 4 is 33.3 Å². The Morgan fingerprint density at radius 2 is 1.67 bits per heavy atom. The van der Waals surface area contributed by atoms with Crippen molar-refractivity contribution in [2.24, 2.45) is 0 Å². The molecule has 42 heavy (non-hydrogen) atoms. The van der Waals surface area contributed by atoms with Gasteiger partial charge in [-0.1, -0.05) is 30.3 Å². The summed E-state index contributed by atoms with van der Waals surface area (Å²) in [7, 11) is -3.92. The topological polar surface area (TPSA) is 105 Å². The summed E-state index contributed by atoms with van der Waals surface area (Å²) in [6, 6.07) is 15.9. The van der Waals surface area contributed by atoms with Gasteiger partial charge in [0.2, 0.25) is 10.0 Å². The molecule has 0 bridgehead atoms. The lowest BCUT2D eigenvalue weighted by molar-refractivity contribution is -0.137. The minimum absolute atomic E-state index is 0.0797. The summed E-state index contributed by atoms with van der Waals surface area (Å²) in [4.78, 5) is 27.1. The van der Waals surface area contributed by atoms with Gasteiger partial charge < -0.3 is 19.7 Å². The van der Waals surface area contributed by atoms with Crippen LogP contribution < -0.4 is 10.2 Å². The van der Waals surface area contributed by atoms with E-state index in [4.69, 9.17) is 9.47 Å². The minimum Gasteiger partial charge on any atom is -0.452 e. The lowest BCUT2D eigenvalue weighted by Crippen LogP contribution is -2.37. The molecule has 0 atom stereocenters. The zero-order valence-corrected chi connectivity index (χ0v) is 23.2. The Hall–Kier alpha value is -3.94. The van der Waals surface area contributed by atoms with Crippen molar-refractivity contribution in [3.63, 3.8) is 0 Å². The second kappa shape index (κ2) is 12.1. The molecule has 1 amide bonds. The summed E-state index contributed by atoms with van der Waals surface area (Å²) in [5, 5.41) is 2.41. The maximum Gasteiger partial charge on any atom is 0.416 e. The van der Waals surface area contributed by atoms with Crippen molar-refractivity contribution in [2.75, 3.05) is 49.7 Å². The first-order chi connectivity index (χ1) is 20.0. The molecule has 0 radical (unpaired) electrons. The fourth-order valence-corrected chi connectivity index (χ4v) is 6.37. The third-order valence-corrected chi connectivity index (χ3v) is 8.93. The van der Waals surface area contributed by atoms with Gasteiger partial charge >= 0.3 is 12.1 Å². The number of morpholine rings is 1. The van der Waals surface area contributed by atoms with Gasteiger partial charge in [0.25, 0.3) is 5.91 Å². The third-order valence-electron chi connectivity index (χ3n) is 7.09. The summed E-state index contributed by atoms with van der Waals surface area (Å²) in [6.07, 6.45) is -4.07. The number of nitrogens with zero attached hydrogens (tertiary/aromatic N) is 2. The number of halogens is 3. The first kappa shape index (κ1) is 29.5. The van der Waals surface area contributed by atoms with Crippen LogP contribution in [0.5, 0.6) is 0 Å². The molecule has 222 valence electrons. The summed E-state index contributed by atoms with van der Waals surface area (Å²) in [6.45, 7) is 1.31. The summed E-state index contributed by atoms with van der Waals surface area (Å²) < 4.78 is 78.4. The predicted octanol–water partition coefficient (Wildman–Crippen LogP) is 4.08. The molecule has 2 aliphatic rings. The number of rotatable bonds is 7. The van der Waals surface area contributed by atoms with Gasteiger partial charge in [-0.25, -0.2) is 13.2 Å². The Morgan fingerprint density at radius 1 is 0.929 bits per heavy atom. The molecular formula is C29H28F3N3O6S. The lowest BCUT2D eigenvalue weighted by Gasteiger charge is -2.31. The number of hydrogen-bond acceptors (Lipinski definition) is 7. The van der Waals surface area contributed by atoms with Crippen molar-refractivity contribution in [3.05, 3.63) is 89.0 Å². The molecule has 2 heterocycles. The van der Waals surface area contributed by atoms with Crippen LogP contribution in [0.2, 0.25) is 0 Å². The molecule has 1 fully saturated rings. The number of ether oxygens (including phenoxy) is 2. The molecule has 0 spiro atoms. The quantitative estimate of drug-likeness (QED) is 0.406. The molecule has 0 aromatic heterocycles. The van der Waals surface area contributed by atoms with Gasteiger partial charge in [0.15, 0.2) is 6.61 Å². The van der Waals surface area contributed by atoms with E-state index >= 15 is 0 Å². The highest BCUT2D eigenvalue weighted by Crippen LogP contribution is 2.36. The molecule has 0 unspecified atom stereocenters. The molecule has 3 aromatic rings. The SMILES string of the molecule is O=C(COC(=O)c1cccc(S(=O)(=O)N2CCc3ccccc3C2)c1)Nc1cc(C(F)(F)F)ccc1N1CCOCC1. The number of anilines is 2. The predicted molar refractivity (Wildman–Crippen MR) is 148 cm³/mol. The second-order valence-corrected chi connectivity index (χ2v) is 11.8. The maximum absolute atomic E-state index is 13.4. The number of hydrogen-bond donors (Lipinski definition) is 1. The third kappa shape index (κ3) is 6.58. The van der Waals surface area contributed by atoms with Crippen molar-refractivity contribution in [2.45, 2.75) is 24.0 Å². The Bertz CT molecular complexity index is 1590. The average Bonchev–Trinajstić information content (AvgIpc) is 2.99. The molecule has 1 saturated heterocycles. The van der Waals surface area contributed by atoms with Gasteiger partial charge in [0, 0.05) is 26.2 Å². The van der Waals surface area contributed by atoms with E-state index < -0.39 is 40.2 Å². The van der Waals surface area contributed by atoms with Gasteiger partial charge in [-0.3, -0.25) is 4.79 Å². The van der Waals surface area contributed by atoms with E-state index in [0.717, 1.165) is 23.3 Å². The Morgan fingerprint density at radius 3 is 2.40 bits per heavy atom. The van der Waals surface area contributed by atoms with E-state index in [0.29, 0.717) is 38.4 Å². The van der Waals surface area contributed by atoms with Gasteiger partial charge in [0.1, 0.15) is 0 Å². The Balaban J connectivity index is 1.26. The lowest BCUT2D eigenvalue weighted by atomic mass is 10.0. The highest BCUT2D eigenvalue weighted by molar-refractivity contribution is 7.89. The summed E-state index contributed by atoms with van der Waals surface area (Å²) in [5.41, 5.74) is 1.26. The molecule has 5 rings (SSSR count). The first-order valence-electron chi connectivity index (χ1n) is 13.2. The fraction of sp³-hybridized carbons (Fsp3) is 0.310. The fourth-order valence-electron chi connectivity index (χ4n) is 4.90. The van der Waals surface area contributed by atoms with Crippen LogP contribution in [0.3, 0.4) is 0 Å². The molecule has 2 aliphatic heterocycles. The van der Waals surface area contributed by atoms with Crippen molar-refractivity contribution in [3.8, 4) is 0 Å². The van der Waals surface area contributed by atoms with E-state index in [2.05, 4.69) is 5.32 Å². The van der Waals surface area contributed by atoms with Gasteiger partial charge in [0.05, 0.1) is 40.6 Å². The Labute approximate surface area is 240 Å². The van der Waals surface area contributed by atoms with E-state index in [1.807, 2.05) is 24.3 Å². The first-order valence-corrected chi connectivity index (χ1v) is 14.6. The maximum atomic E-state index is 13.4. The highest BCUT2D eigenvalue weighted by atomic mass is 32.2. The van der Waals surface area contributed by atoms with Gasteiger partial charge in [-0.15, -0.1) is 0 Å². The molecule has 13 heteroatoms. The van der Waals surface area contributed by atoms with Crippen molar-refractivity contribution < 1.29 is 40.7 Å². The van der Waals surface area contributed by atoms with Crippen LogP contribution in [0.1, 0.15) is 27.0 Å². The van der Waals surface area contributed by atoms with Crippen LogP contribution in [0.15, 0.2) is 71.6 Å². The number of sulfonamides is 1. The molecule has 3 aromatic carbocycles. The van der Waals surface area contributed by atoms with Crippen LogP contribution in [-0.4, -0.2) is 64.1 Å². The monoisotopic (exact) mass is 603 g/mol. The Kier molecular flexibility index (Phi) is 8.53. The highest BCUT2D eigenvalue weighted by Gasteiger charge is 2.32. The molecule has 0 saturated carbocycles. The molecular weight excluding hydrogens is 575 g/mol. The summed E-state index contributed by atoms with van der Waals surface area (Å²) >= 11 is 0. The minimum atomic E-state index is -4.63. The van der Waals surface area contributed by atoms with Crippen LogP contribution in [-0.2, 0) is 43.4 Å². The van der Waals surface area contributed by atoms with Gasteiger partial charge in [-0.2, -0.15) is 17.5 Å². The van der Waals surface area contributed by atoms with Crippen LogP contribution >= 0.6 is 0 Å². The number of amides is 1. The number of carbonyl (C=O) groups is 2. The number of nitrogens with one attached hydrogen (secondary N) is 1. The smallest absolute Gasteiger partial charge is 0.416 e.